The number of rotatable bonds is 0. The highest BCUT2D eigenvalue weighted by molar-refractivity contribution is 5.71. The van der Waals surface area contributed by atoms with E-state index in [1.807, 2.05) is 0 Å². The Hall–Kier alpha value is -1.85. The van der Waals surface area contributed by atoms with Crippen molar-refractivity contribution in [2.45, 2.75) is 0 Å². The van der Waals surface area contributed by atoms with Crippen LogP contribution in [0.2, 0.25) is 0 Å². The van der Waals surface area contributed by atoms with Crippen LogP contribution in [0.25, 0.3) is 11.0 Å². The maximum absolute atomic E-state index is 11.3. The van der Waals surface area contributed by atoms with Gasteiger partial charge < -0.3 is 4.98 Å². The van der Waals surface area contributed by atoms with Gasteiger partial charge in [0.2, 0.25) is 0 Å². The standard InChI is InChI=1S/C6H6N4O2/c1-10-6(12)4-3(5(11)9-10)7-2-8-4/h2H,1H3,(H,7,8)(H,9,11). The van der Waals surface area contributed by atoms with E-state index < -0.39 is 0 Å². The molecule has 2 rings (SSSR count). The molecule has 0 unspecified atom stereocenters. The van der Waals surface area contributed by atoms with Gasteiger partial charge in [0.15, 0.2) is 5.52 Å². The van der Waals surface area contributed by atoms with Crippen molar-refractivity contribution in [2.75, 3.05) is 0 Å². The number of aromatic amines is 2. The maximum Gasteiger partial charge on any atom is 0.290 e. The molecule has 0 aliphatic rings. The third-order valence-electron chi connectivity index (χ3n) is 1.64. The number of hydrogen-bond donors (Lipinski definition) is 2. The van der Waals surface area contributed by atoms with Gasteiger partial charge in [-0.3, -0.25) is 19.4 Å². The van der Waals surface area contributed by atoms with Crippen molar-refractivity contribution >= 4 is 11.0 Å². The summed E-state index contributed by atoms with van der Waals surface area (Å²) in [7, 11) is 1.48. The third-order valence-corrected chi connectivity index (χ3v) is 1.64. The predicted octanol–water partition coefficient (Wildman–Crippen LogP) is -1.05. The highest BCUT2D eigenvalue weighted by atomic mass is 16.2. The van der Waals surface area contributed by atoms with E-state index in [1.165, 1.54) is 13.4 Å². The smallest absolute Gasteiger partial charge is 0.290 e. The van der Waals surface area contributed by atoms with Crippen molar-refractivity contribution in [2.24, 2.45) is 7.05 Å². The second-order valence-electron chi connectivity index (χ2n) is 2.43. The lowest BCUT2D eigenvalue weighted by molar-refractivity contribution is 0.702. The Labute approximate surface area is 65.8 Å². The molecule has 0 saturated heterocycles. The number of nitrogens with zero attached hydrogens (tertiary/aromatic N) is 2. The van der Waals surface area contributed by atoms with Gasteiger partial charge in [-0.15, -0.1) is 0 Å². The monoisotopic (exact) mass is 166 g/mol. The minimum atomic E-state index is -0.367. The van der Waals surface area contributed by atoms with Crippen LogP contribution >= 0.6 is 0 Å². The zero-order valence-corrected chi connectivity index (χ0v) is 6.29. The van der Waals surface area contributed by atoms with E-state index in [4.69, 9.17) is 0 Å². The van der Waals surface area contributed by atoms with E-state index in [0.717, 1.165) is 4.68 Å². The summed E-state index contributed by atoms with van der Waals surface area (Å²) in [5, 5.41) is 2.33. The third kappa shape index (κ3) is 0.714. The second kappa shape index (κ2) is 2.07. The fourth-order valence-corrected chi connectivity index (χ4v) is 1.05. The number of aromatic nitrogens is 4. The molecule has 0 bridgehead atoms. The first-order valence-corrected chi connectivity index (χ1v) is 3.32. The largest absolute Gasteiger partial charge is 0.340 e. The normalized spacial score (nSPS) is 10.8. The van der Waals surface area contributed by atoms with E-state index in [9.17, 15) is 9.59 Å². The van der Waals surface area contributed by atoms with Crippen LogP contribution in [0.5, 0.6) is 0 Å². The fourth-order valence-electron chi connectivity index (χ4n) is 1.05. The molecule has 2 heterocycles. The van der Waals surface area contributed by atoms with Gasteiger partial charge in [-0.1, -0.05) is 0 Å². The number of hydrogen-bond acceptors (Lipinski definition) is 3. The number of fused-ring (bicyclic) bond motifs is 1. The maximum atomic E-state index is 11.3. The summed E-state index contributed by atoms with van der Waals surface area (Å²) in [6.07, 6.45) is 1.32. The SMILES string of the molecule is Cn1[nH]c(=O)c2nc[nH]c2c1=O. The number of aryl methyl sites for hydroxylation is 1. The predicted molar refractivity (Wildman–Crippen MR) is 42.0 cm³/mol. The molecule has 12 heavy (non-hydrogen) atoms. The lowest BCUT2D eigenvalue weighted by atomic mass is 10.4. The summed E-state index contributed by atoms with van der Waals surface area (Å²) in [5.41, 5.74) is -0.269. The molecular formula is C6H6N4O2. The Morgan fingerprint density at radius 1 is 1.50 bits per heavy atom. The van der Waals surface area contributed by atoms with Crippen LogP contribution in [0.4, 0.5) is 0 Å². The Kier molecular flexibility index (Phi) is 1.18. The molecule has 6 heteroatoms. The van der Waals surface area contributed by atoms with Crippen LogP contribution < -0.4 is 11.1 Å². The van der Waals surface area contributed by atoms with Crippen molar-refractivity contribution in [1.29, 1.82) is 0 Å². The van der Waals surface area contributed by atoms with Crippen LogP contribution in [0.15, 0.2) is 15.9 Å². The van der Waals surface area contributed by atoms with Gasteiger partial charge in [-0.05, 0) is 0 Å². The molecule has 0 amide bonds. The molecule has 2 aromatic rings. The molecule has 62 valence electrons. The van der Waals surface area contributed by atoms with Gasteiger partial charge in [0, 0.05) is 7.05 Å². The van der Waals surface area contributed by atoms with E-state index >= 15 is 0 Å². The first-order chi connectivity index (χ1) is 5.70. The van der Waals surface area contributed by atoms with Crippen LogP contribution in [0, 0.1) is 0 Å². The zero-order chi connectivity index (χ0) is 8.72. The van der Waals surface area contributed by atoms with E-state index in [1.54, 1.807) is 0 Å². The van der Waals surface area contributed by atoms with Crippen molar-refractivity contribution in [3.63, 3.8) is 0 Å². The Morgan fingerprint density at radius 3 is 3.00 bits per heavy atom. The van der Waals surface area contributed by atoms with Gasteiger partial charge in [0.1, 0.15) is 5.52 Å². The molecule has 0 fully saturated rings. The van der Waals surface area contributed by atoms with Crippen molar-refractivity contribution in [1.82, 2.24) is 19.7 Å². The van der Waals surface area contributed by atoms with Gasteiger partial charge in [-0.25, -0.2) is 4.98 Å². The van der Waals surface area contributed by atoms with Crippen LogP contribution in [-0.4, -0.2) is 19.7 Å². The molecule has 0 radical (unpaired) electrons. The first kappa shape index (κ1) is 6.84. The number of H-pyrrole nitrogens is 2. The van der Waals surface area contributed by atoms with Crippen molar-refractivity contribution < 1.29 is 0 Å². The molecule has 0 saturated carbocycles. The zero-order valence-electron chi connectivity index (χ0n) is 6.29. The molecule has 0 atom stereocenters. The molecule has 0 aliphatic heterocycles. The summed E-state index contributed by atoms with van der Waals surface area (Å²) in [6.45, 7) is 0. The Balaban J connectivity index is 3.18. The number of imidazole rings is 1. The van der Waals surface area contributed by atoms with Gasteiger partial charge in [0.25, 0.3) is 11.1 Å². The van der Waals surface area contributed by atoms with Gasteiger partial charge >= 0.3 is 0 Å². The fraction of sp³-hybridized carbons (Fsp3) is 0.167. The molecule has 2 N–H and O–H groups in total. The topological polar surface area (TPSA) is 83.5 Å². The molecular weight excluding hydrogens is 160 g/mol. The molecule has 0 spiro atoms. The second-order valence-corrected chi connectivity index (χ2v) is 2.43. The summed E-state index contributed by atoms with van der Waals surface area (Å²) in [6, 6.07) is 0. The summed E-state index contributed by atoms with van der Waals surface area (Å²) >= 11 is 0. The minimum absolute atomic E-state index is 0.151. The average molecular weight is 166 g/mol. The van der Waals surface area contributed by atoms with E-state index in [0.29, 0.717) is 0 Å². The van der Waals surface area contributed by atoms with E-state index in [2.05, 4.69) is 15.1 Å². The molecule has 2 aromatic heterocycles. The molecule has 6 nitrogen and oxygen atoms in total. The highest BCUT2D eigenvalue weighted by Gasteiger charge is 2.05. The van der Waals surface area contributed by atoms with Gasteiger partial charge in [0.05, 0.1) is 6.33 Å². The van der Waals surface area contributed by atoms with Crippen molar-refractivity contribution in [3.8, 4) is 0 Å². The van der Waals surface area contributed by atoms with Crippen molar-refractivity contribution in [3.05, 3.63) is 27.0 Å². The Morgan fingerprint density at radius 2 is 2.25 bits per heavy atom. The van der Waals surface area contributed by atoms with Gasteiger partial charge in [-0.2, -0.15) is 0 Å². The van der Waals surface area contributed by atoms with Crippen LogP contribution in [-0.2, 0) is 7.05 Å². The summed E-state index contributed by atoms with van der Waals surface area (Å²) in [4.78, 5) is 28.7. The van der Waals surface area contributed by atoms with Crippen LogP contribution in [0.1, 0.15) is 0 Å². The molecule has 0 aliphatic carbocycles. The van der Waals surface area contributed by atoms with E-state index in [-0.39, 0.29) is 22.2 Å². The first-order valence-electron chi connectivity index (χ1n) is 3.32. The quantitative estimate of drug-likeness (QED) is 0.523. The summed E-state index contributed by atoms with van der Waals surface area (Å²) < 4.78 is 1.11. The number of nitrogens with one attached hydrogen (secondary N) is 2. The highest BCUT2D eigenvalue weighted by Crippen LogP contribution is 1.92. The van der Waals surface area contributed by atoms with Crippen LogP contribution in [0.3, 0.4) is 0 Å². The summed E-state index contributed by atoms with van der Waals surface area (Å²) in [5.74, 6) is 0. The molecule has 0 aromatic carbocycles. The lowest BCUT2D eigenvalue weighted by Gasteiger charge is -1.94. The minimum Gasteiger partial charge on any atom is -0.340 e. The average Bonchev–Trinajstić information content (AvgIpc) is 2.48. The lowest BCUT2D eigenvalue weighted by Crippen LogP contribution is -2.27. The Bertz CT molecular complexity index is 532.